The van der Waals surface area contributed by atoms with E-state index in [1.165, 1.54) is 99.4 Å². The van der Waals surface area contributed by atoms with Crippen molar-refractivity contribution < 1.29 is 38.6 Å². The van der Waals surface area contributed by atoms with E-state index in [1.54, 1.807) is 12.1 Å². The Kier molecular flexibility index (Phi) is 10.3. The fourth-order valence-corrected chi connectivity index (χ4v) is 4.76. The van der Waals surface area contributed by atoms with Gasteiger partial charge in [0.15, 0.2) is 0 Å². The molecule has 0 bridgehead atoms. The third kappa shape index (κ3) is 7.78. The van der Waals surface area contributed by atoms with Gasteiger partial charge in [-0.1, -0.05) is 24.3 Å². The first kappa shape index (κ1) is 34.8. The van der Waals surface area contributed by atoms with Crippen LogP contribution in [0, 0.1) is 0 Å². The number of aromatic nitrogens is 3. The van der Waals surface area contributed by atoms with Crippen molar-refractivity contribution in [3.05, 3.63) is 129 Å². The lowest BCUT2D eigenvalue weighted by atomic mass is 10.0. The van der Waals surface area contributed by atoms with E-state index in [-0.39, 0.29) is 28.3 Å². The average Bonchev–Trinajstić information content (AvgIpc) is 3.10. The minimum atomic E-state index is -1.02. The highest BCUT2D eigenvalue weighted by Gasteiger charge is 2.36. The number of imide groups is 2. The first-order valence-corrected chi connectivity index (χ1v) is 14.7. The smallest absolute Gasteiger partial charge is 0.411 e. The minimum Gasteiger partial charge on any atom is -0.494 e. The number of amides is 6. The van der Waals surface area contributed by atoms with Crippen molar-refractivity contribution in [2.24, 2.45) is 0 Å². The highest BCUT2D eigenvalue weighted by molar-refractivity contribution is 6.37. The number of carbonyl (C=O) groups is 5. The zero-order valence-corrected chi connectivity index (χ0v) is 26.7. The summed E-state index contributed by atoms with van der Waals surface area (Å²) in [6, 6.07) is 13.7. The molecular weight excluding hydrogens is 666 g/mol. The molecule has 4 aromatic rings. The van der Waals surface area contributed by atoms with Crippen LogP contribution in [0.4, 0.5) is 31.4 Å². The van der Waals surface area contributed by atoms with Crippen LogP contribution in [0.5, 0.6) is 5.88 Å². The second-order valence-electron chi connectivity index (χ2n) is 10.3. The summed E-state index contributed by atoms with van der Waals surface area (Å²) >= 11 is 0. The Hall–Kier alpha value is -7.56. The molecule has 0 atom stereocenters. The maximum absolute atomic E-state index is 13.6. The van der Waals surface area contributed by atoms with Crippen molar-refractivity contribution in [1.82, 2.24) is 19.9 Å². The van der Waals surface area contributed by atoms with Crippen molar-refractivity contribution in [2.75, 3.05) is 29.8 Å². The summed E-state index contributed by atoms with van der Waals surface area (Å²) < 4.78 is 9.89. The van der Waals surface area contributed by atoms with Gasteiger partial charge in [0.2, 0.25) is 5.88 Å². The lowest BCUT2D eigenvalue weighted by molar-refractivity contribution is -0.122. The van der Waals surface area contributed by atoms with Crippen LogP contribution >= 0.6 is 0 Å². The molecule has 2 aromatic heterocycles. The van der Waals surface area contributed by atoms with E-state index in [2.05, 4.69) is 35.4 Å². The summed E-state index contributed by atoms with van der Waals surface area (Å²) in [6.07, 6.45) is 6.51. The molecule has 0 radical (unpaired) electrons. The van der Waals surface area contributed by atoms with Crippen LogP contribution in [0.3, 0.4) is 0 Å². The van der Waals surface area contributed by atoms with Crippen LogP contribution in [0.15, 0.2) is 106 Å². The third-order valence-corrected chi connectivity index (χ3v) is 7.16. The summed E-state index contributed by atoms with van der Waals surface area (Å²) in [4.78, 5) is 95.7. The van der Waals surface area contributed by atoms with E-state index in [9.17, 15) is 38.7 Å². The highest BCUT2D eigenvalue weighted by atomic mass is 16.5. The normalized spacial score (nSPS) is 14.0. The van der Waals surface area contributed by atoms with E-state index >= 15 is 0 Å². The molecule has 17 heteroatoms. The SMILES string of the molecule is COC(=O)Nc1cccc(N2C(=O)NC(=O)C(=CC=C(C=Cc3c(O)[nH]c(=O)n(-c4cccc(NC(=O)OC)c4)c3=O)c3ccncc3)C2=O)c1. The second kappa shape index (κ2) is 15.1. The minimum absolute atomic E-state index is 0.0412. The number of nitrogens with one attached hydrogen (secondary N) is 4. The van der Waals surface area contributed by atoms with Crippen LogP contribution in [0.2, 0.25) is 0 Å². The van der Waals surface area contributed by atoms with Gasteiger partial charge in [0, 0.05) is 23.8 Å². The zero-order valence-electron chi connectivity index (χ0n) is 26.7. The summed E-state index contributed by atoms with van der Waals surface area (Å²) in [6.45, 7) is 0. The number of nitrogens with zero attached hydrogens (tertiary/aromatic N) is 3. The van der Waals surface area contributed by atoms with Crippen molar-refractivity contribution in [1.29, 1.82) is 0 Å². The van der Waals surface area contributed by atoms with Crippen LogP contribution < -0.4 is 32.1 Å². The Morgan fingerprint density at radius 3 is 2.10 bits per heavy atom. The first-order chi connectivity index (χ1) is 24.5. The molecule has 0 unspecified atom stereocenters. The molecule has 51 heavy (non-hydrogen) atoms. The number of aromatic amines is 1. The number of carbonyl (C=O) groups excluding carboxylic acids is 5. The van der Waals surface area contributed by atoms with Gasteiger partial charge in [-0.3, -0.25) is 40.3 Å². The number of hydrogen-bond acceptors (Lipinski definition) is 11. The van der Waals surface area contributed by atoms with Gasteiger partial charge < -0.3 is 14.6 Å². The largest absolute Gasteiger partial charge is 0.494 e. The Labute approximate surface area is 287 Å². The Morgan fingerprint density at radius 2 is 1.47 bits per heavy atom. The molecule has 0 spiro atoms. The quantitative estimate of drug-likeness (QED) is 0.102. The fourth-order valence-electron chi connectivity index (χ4n) is 4.76. The van der Waals surface area contributed by atoms with Gasteiger partial charge in [0.05, 0.1) is 25.6 Å². The Morgan fingerprint density at radius 1 is 0.863 bits per heavy atom. The standard InChI is InChI=1S/C34H27N7O10/c1-50-33(48)36-21-5-3-7-23(17-21)40-29(44)25(27(42)38-31(40)46)11-9-19(20-13-15-35-16-14-20)10-12-26-28(43)39-32(47)41(30(26)45)24-8-4-6-22(18-24)37-34(49)51-2/h3-18,42H,1-2H3,(H,36,48)(H,37,49)(H,38,46)(H,39,43,47). The van der Waals surface area contributed by atoms with Crippen LogP contribution in [0.1, 0.15) is 11.1 Å². The van der Waals surface area contributed by atoms with E-state index in [1.807, 2.05) is 0 Å². The zero-order chi connectivity index (χ0) is 36.7. The number of urea groups is 1. The molecule has 258 valence electrons. The maximum atomic E-state index is 13.6. The number of anilines is 3. The maximum Gasteiger partial charge on any atom is 0.411 e. The molecule has 5 rings (SSSR count). The fraction of sp³-hybridized carbons (Fsp3) is 0.0588. The number of pyridine rings is 1. The Bertz CT molecular complexity index is 2270. The molecule has 2 aromatic carbocycles. The number of rotatable bonds is 8. The predicted molar refractivity (Wildman–Crippen MR) is 183 cm³/mol. The van der Waals surface area contributed by atoms with E-state index < -0.39 is 52.7 Å². The monoisotopic (exact) mass is 693 g/mol. The van der Waals surface area contributed by atoms with Crippen LogP contribution in [-0.4, -0.2) is 63.9 Å². The Balaban J connectivity index is 1.54. The number of ether oxygens (including phenoxy) is 2. The van der Waals surface area contributed by atoms with Gasteiger partial charge in [-0.2, -0.15) is 0 Å². The number of methoxy groups -OCH3 is 2. The lowest BCUT2D eigenvalue weighted by Gasteiger charge is -2.26. The van der Waals surface area contributed by atoms with Crippen molar-refractivity contribution in [3.8, 4) is 11.6 Å². The molecular formula is C34H27N7O10. The van der Waals surface area contributed by atoms with Gasteiger partial charge in [-0.25, -0.2) is 28.6 Å². The molecule has 1 fully saturated rings. The van der Waals surface area contributed by atoms with Gasteiger partial charge in [-0.05, 0) is 71.8 Å². The number of benzene rings is 2. The molecule has 5 N–H and O–H groups in total. The number of hydrogen-bond donors (Lipinski definition) is 5. The van der Waals surface area contributed by atoms with E-state index in [0.29, 0.717) is 16.0 Å². The van der Waals surface area contributed by atoms with Crippen LogP contribution in [0.25, 0.3) is 17.3 Å². The molecule has 1 aliphatic rings. The highest BCUT2D eigenvalue weighted by Crippen LogP contribution is 2.25. The van der Waals surface area contributed by atoms with Gasteiger partial charge >= 0.3 is 23.9 Å². The molecule has 17 nitrogen and oxygen atoms in total. The lowest BCUT2D eigenvalue weighted by Crippen LogP contribution is -2.54. The van der Waals surface area contributed by atoms with Crippen molar-refractivity contribution in [2.45, 2.75) is 0 Å². The van der Waals surface area contributed by atoms with Gasteiger partial charge in [0.1, 0.15) is 11.1 Å². The predicted octanol–water partition coefficient (Wildman–Crippen LogP) is 3.29. The van der Waals surface area contributed by atoms with Gasteiger partial charge in [-0.15, -0.1) is 0 Å². The summed E-state index contributed by atoms with van der Waals surface area (Å²) in [5.74, 6) is -2.70. The molecule has 3 heterocycles. The van der Waals surface area contributed by atoms with E-state index in [0.717, 1.165) is 4.57 Å². The molecule has 1 aliphatic heterocycles. The summed E-state index contributed by atoms with van der Waals surface area (Å²) in [5.41, 5.74) is -1.32. The number of barbiturate groups is 1. The third-order valence-electron chi connectivity index (χ3n) is 7.16. The summed E-state index contributed by atoms with van der Waals surface area (Å²) in [7, 11) is 2.34. The number of aromatic hydroxyl groups is 1. The molecule has 0 aliphatic carbocycles. The number of H-pyrrole nitrogens is 1. The first-order valence-electron chi connectivity index (χ1n) is 14.7. The van der Waals surface area contributed by atoms with E-state index in [4.69, 9.17) is 0 Å². The molecule has 1 saturated heterocycles. The molecule has 6 amide bonds. The topological polar surface area (TPSA) is 231 Å². The van der Waals surface area contributed by atoms with Gasteiger partial charge in [0.25, 0.3) is 17.4 Å². The molecule has 0 saturated carbocycles. The second-order valence-corrected chi connectivity index (χ2v) is 10.3. The average molecular weight is 694 g/mol. The van der Waals surface area contributed by atoms with Crippen molar-refractivity contribution in [3.63, 3.8) is 0 Å². The van der Waals surface area contributed by atoms with Crippen LogP contribution in [-0.2, 0) is 19.1 Å². The van der Waals surface area contributed by atoms with Crippen molar-refractivity contribution >= 4 is 58.7 Å². The summed E-state index contributed by atoms with van der Waals surface area (Å²) in [5, 5.41) is 17.5. The number of allylic oxidation sites excluding steroid dienone is 4.